The Hall–Kier alpha value is -1.20. The molecule has 1 unspecified atom stereocenters. The van der Waals surface area contributed by atoms with Gasteiger partial charge in [-0.2, -0.15) is 0 Å². The van der Waals surface area contributed by atoms with Gasteiger partial charge in [-0.15, -0.1) is 0 Å². The van der Waals surface area contributed by atoms with E-state index in [2.05, 4.69) is 21.2 Å². The van der Waals surface area contributed by atoms with E-state index in [1.165, 1.54) is 0 Å². The second-order valence-electron chi connectivity index (χ2n) is 4.67. The van der Waals surface area contributed by atoms with Gasteiger partial charge in [-0.05, 0) is 31.5 Å². The molecule has 1 aliphatic heterocycles. The van der Waals surface area contributed by atoms with Gasteiger partial charge in [-0.25, -0.2) is 0 Å². The summed E-state index contributed by atoms with van der Waals surface area (Å²) < 4.78 is 0.952. The van der Waals surface area contributed by atoms with Crippen LogP contribution in [-0.4, -0.2) is 42.8 Å². The number of carbonyl (C=O) groups excluding carboxylic acids is 2. The number of likely N-dealkylation sites (tertiary alicyclic amines) is 1. The molecule has 2 rings (SSSR count). The zero-order valence-electron chi connectivity index (χ0n) is 10.9. The van der Waals surface area contributed by atoms with Gasteiger partial charge in [-0.3, -0.25) is 14.5 Å². The zero-order chi connectivity index (χ0) is 13.8. The quantitative estimate of drug-likeness (QED) is 0.860. The van der Waals surface area contributed by atoms with E-state index in [0.29, 0.717) is 12.1 Å². The second kappa shape index (κ2) is 6.30. The Labute approximate surface area is 121 Å². The first-order valence-corrected chi connectivity index (χ1v) is 7.15. The van der Waals surface area contributed by atoms with Crippen molar-refractivity contribution in [2.24, 2.45) is 0 Å². The number of likely N-dealkylation sites (N-methyl/N-ethyl adjacent to an activating group) is 1. The third kappa shape index (κ3) is 3.42. The first-order valence-electron chi connectivity index (χ1n) is 6.36. The molecule has 0 aliphatic carbocycles. The lowest BCUT2D eigenvalue weighted by molar-refractivity contribution is -0.124. The van der Waals surface area contributed by atoms with Crippen LogP contribution in [0.3, 0.4) is 0 Å². The molecule has 1 saturated heterocycles. The van der Waals surface area contributed by atoms with E-state index < -0.39 is 0 Å². The van der Waals surface area contributed by atoms with Crippen LogP contribution < -0.4 is 5.32 Å². The van der Waals surface area contributed by atoms with Gasteiger partial charge in [0.1, 0.15) is 0 Å². The Kier molecular flexibility index (Phi) is 4.71. The van der Waals surface area contributed by atoms with Gasteiger partial charge in [-0.1, -0.05) is 28.1 Å². The fourth-order valence-electron chi connectivity index (χ4n) is 2.39. The van der Waals surface area contributed by atoms with Crippen LogP contribution in [0.5, 0.6) is 0 Å². The van der Waals surface area contributed by atoms with E-state index in [9.17, 15) is 9.59 Å². The molecule has 1 amide bonds. The first-order chi connectivity index (χ1) is 9.11. The predicted octanol–water partition coefficient (Wildman–Crippen LogP) is 1.84. The minimum Gasteiger partial charge on any atom is -0.358 e. The SMILES string of the molecule is CNC(=O)C1CCCN1CC(=O)c1ccc(Br)cc1. The van der Waals surface area contributed by atoms with Crippen molar-refractivity contribution < 1.29 is 9.59 Å². The molecule has 19 heavy (non-hydrogen) atoms. The van der Waals surface area contributed by atoms with Crippen molar-refractivity contribution in [3.05, 3.63) is 34.3 Å². The standard InChI is InChI=1S/C14H17BrN2O2/c1-16-14(19)12-3-2-8-17(12)9-13(18)10-4-6-11(15)7-5-10/h4-7,12H,2-3,8-9H2,1H3,(H,16,19). The molecule has 1 heterocycles. The number of rotatable bonds is 4. The molecular weight excluding hydrogens is 308 g/mol. The fourth-order valence-corrected chi connectivity index (χ4v) is 2.65. The summed E-state index contributed by atoms with van der Waals surface area (Å²) in [7, 11) is 1.63. The van der Waals surface area contributed by atoms with Crippen LogP contribution in [0.15, 0.2) is 28.7 Å². The van der Waals surface area contributed by atoms with Gasteiger partial charge < -0.3 is 5.32 Å². The Morgan fingerprint density at radius 3 is 2.68 bits per heavy atom. The van der Waals surface area contributed by atoms with Crippen LogP contribution in [0.2, 0.25) is 0 Å². The number of ketones is 1. The van der Waals surface area contributed by atoms with Gasteiger partial charge >= 0.3 is 0 Å². The molecule has 0 radical (unpaired) electrons. The Bertz CT molecular complexity index is 473. The zero-order valence-corrected chi connectivity index (χ0v) is 12.4. The molecule has 0 saturated carbocycles. The monoisotopic (exact) mass is 324 g/mol. The third-order valence-corrected chi connectivity index (χ3v) is 3.95. The lowest BCUT2D eigenvalue weighted by atomic mass is 10.1. The van der Waals surface area contributed by atoms with E-state index in [1.54, 1.807) is 19.2 Å². The summed E-state index contributed by atoms with van der Waals surface area (Å²) in [5.41, 5.74) is 0.686. The summed E-state index contributed by atoms with van der Waals surface area (Å²) in [4.78, 5) is 25.9. The van der Waals surface area contributed by atoms with Gasteiger partial charge in [0.2, 0.25) is 5.91 Å². The number of nitrogens with one attached hydrogen (secondary N) is 1. The summed E-state index contributed by atoms with van der Waals surface area (Å²) in [6, 6.07) is 7.15. The average molecular weight is 325 g/mol. The molecule has 0 spiro atoms. The summed E-state index contributed by atoms with van der Waals surface area (Å²) in [6.07, 6.45) is 1.79. The summed E-state index contributed by atoms with van der Waals surface area (Å²) in [5, 5.41) is 2.66. The molecule has 0 aromatic heterocycles. The highest BCUT2D eigenvalue weighted by molar-refractivity contribution is 9.10. The van der Waals surface area contributed by atoms with Crippen LogP contribution in [0, 0.1) is 0 Å². The molecule has 5 heteroatoms. The number of hydrogen-bond donors (Lipinski definition) is 1. The number of benzene rings is 1. The van der Waals surface area contributed by atoms with E-state index in [-0.39, 0.29) is 17.7 Å². The van der Waals surface area contributed by atoms with Crippen LogP contribution >= 0.6 is 15.9 Å². The maximum absolute atomic E-state index is 12.2. The van der Waals surface area contributed by atoms with Crippen molar-refractivity contribution in [2.45, 2.75) is 18.9 Å². The first kappa shape index (κ1) is 14.2. The van der Waals surface area contributed by atoms with Crippen LogP contribution in [0.4, 0.5) is 0 Å². The number of Topliss-reactive ketones (excluding diaryl/α,β-unsaturated/α-hetero) is 1. The van der Waals surface area contributed by atoms with Crippen molar-refractivity contribution in [2.75, 3.05) is 20.1 Å². The average Bonchev–Trinajstić information content (AvgIpc) is 2.86. The largest absolute Gasteiger partial charge is 0.358 e. The summed E-state index contributed by atoms with van der Waals surface area (Å²) >= 11 is 3.35. The van der Waals surface area contributed by atoms with Gasteiger partial charge in [0, 0.05) is 17.1 Å². The van der Waals surface area contributed by atoms with E-state index in [4.69, 9.17) is 0 Å². The molecule has 1 atom stereocenters. The predicted molar refractivity (Wildman–Crippen MR) is 77.1 cm³/mol. The minimum absolute atomic E-state index is 0.00102. The molecule has 1 aromatic rings. The minimum atomic E-state index is -0.163. The van der Waals surface area contributed by atoms with Crippen molar-refractivity contribution in [1.29, 1.82) is 0 Å². The highest BCUT2D eigenvalue weighted by atomic mass is 79.9. The van der Waals surface area contributed by atoms with Crippen LogP contribution in [0.25, 0.3) is 0 Å². The van der Waals surface area contributed by atoms with Crippen molar-refractivity contribution in [3.63, 3.8) is 0 Å². The number of halogens is 1. The Balaban J connectivity index is 2.02. The van der Waals surface area contributed by atoms with Crippen molar-refractivity contribution >= 4 is 27.6 Å². The maximum Gasteiger partial charge on any atom is 0.237 e. The van der Waals surface area contributed by atoms with E-state index in [0.717, 1.165) is 23.9 Å². The van der Waals surface area contributed by atoms with Crippen LogP contribution in [0.1, 0.15) is 23.2 Å². The third-order valence-electron chi connectivity index (χ3n) is 3.43. The topological polar surface area (TPSA) is 49.4 Å². The second-order valence-corrected chi connectivity index (χ2v) is 5.59. The number of nitrogens with zero attached hydrogens (tertiary/aromatic N) is 1. The number of carbonyl (C=O) groups is 2. The molecule has 102 valence electrons. The van der Waals surface area contributed by atoms with Crippen molar-refractivity contribution in [1.82, 2.24) is 10.2 Å². The Morgan fingerprint density at radius 2 is 2.05 bits per heavy atom. The molecule has 4 nitrogen and oxygen atoms in total. The molecule has 0 bridgehead atoms. The summed E-state index contributed by atoms with van der Waals surface area (Å²) in [5.74, 6) is 0.0596. The number of amides is 1. The lowest BCUT2D eigenvalue weighted by Gasteiger charge is -2.22. The van der Waals surface area contributed by atoms with Gasteiger partial charge in [0.05, 0.1) is 12.6 Å². The molecule has 1 aliphatic rings. The molecule has 1 N–H and O–H groups in total. The van der Waals surface area contributed by atoms with Crippen molar-refractivity contribution in [3.8, 4) is 0 Å². The van der Waals surface area contributed by atoms with Gasteiger partial charge in [0.15, 0.2) is 5.78 Å². The number of hydrogen-bond acceptors (Lipinski definition) is 3. The fraction of sp³-hybridized carbons (Fsp3) is 0.429. The maximum atomic E-state index is 12.2. The van der Waals surface area contributed by atoms with E-state index in [1.807, 2.05) is 17.0 Å². The lowest BCUT2D eigenvalue weighted by Crippen LogP contribution is -2.43. The molecule has 1 fully saturated rings. The Morgan fingerprint density at radius 1 is 1.37 bits per heavy atom. The smallest absolute Gasteiger partial charge is 0.237 e. The van der Waals surface area contributed by atoms with Gasteiger partial charge in [0.25, 0.3) is 0 Å². The normalized spacial score (nSPS) is 19.4. The highest BCUT2D eigenvalue weighted by Gasteiger charge is 2.31. The molecular formula is C14H17BrN2O2. The van der Waals surface area contributed by atoms with Crippen LogP contribution in [-0.2, 0) is 4.79 Å². The summed E-state index contributed by atoms with van der Waals surface area (Å²) in [6.45, 7) is 1.11. The van der Waals surface area contributed by atoms with E-state index >= 15 is 0 Å². The molecule has 1 aromatic carbocycles. The highest BCUT2D eigenvalue weighted by Crippen LogP contribution is 2.18.